The van der Waals surface area contributed by atoms with E-state index in [9.17, 15) is 14.7 Å². The lowest BCUT2D eigenvalue weighted by molar-refractivity contribution is -0.132. The number of amides is 1. The predicted octanol–water partition coefficient (Wildman–Crippen LogP) is 4.99. The van der Waals surface area contributed by atoms with Gasteiger partial charge in [0.1, 0.15) is 17.6 Å². The van der Waals surface area contributed by atoms with Gasteiger partial charge in [-0.05, 0) is 67.4 Å². The number of hydrogen-bond acceptors (Lipinski definition) is 5. The first kappa shape index (κ1) is 21.6. The first-order valence-electron chi connectivity index (χ1n) is 9.97. The number of halogens is 1. The maximum absolute atomic E-state index is 13.2. The number of aromatic nitrogens is 1. The maximum Gasteiger partial charge on any atom is 0.300 e. The minimum Gasteiger partial charge on any atom is -0.507 e. The third kappa shape index (κ3) is 3.52. The van der Waals surface area contributed by atoms with Crippen molar-refractivity contribution in [3.05, 3.63) is 93.8 Å². The number of pyridine rings is 1. The largest absolute Gasteiger partial charge is 0.507 e. The molecule has 1 unspecified atom stereocenters. The molecule has 0 saturated carbocycles. The molecule has 1 N–H and O–H groups in total. The Labute approximate surface area is 190 Å². The van der Waals surface area contributed by atoms with Gasteiger partial charge in [-0.25, -0.2) is 0 Å². The van der Waals surface area contributed by atoms with Crippen LogP contribution in [0.3, 0.4) is 0 Å². The molecule has 1 fully saturated rings. The number of aliphatic hydroxyl groups is 1. The van der Waals surface area contributed by atoms with Crippen molar-refractivity contribution in [2.24, 2.45) is 0 Å². The molecule has 162 valence electrons. The van der Waals surface area contributed by atoms with Crippen molar-refractivity contribution in [2.45, 2.75) is 19.9 Å². The third-order valence-corrected chi connectivity index (χ3v) is 5.99. The Bertz CT molecular complexity index is 1250. The van der Waals surface area contributed by atoms with E-state index >= 15 is 0 Å². The van der Waals surface area contributed by atoms with Gasteiger partial charge in [0, 0.05) is 22.5 Å². The lowest BCUT2D eigenvalue weighted by Gasteiger charge is -2.26. The monoisotopic (exact) mass is 448 g/mol. The minimum absolute atomic E-state index is 0.0300. The zero-order valence-corrected chi connectivity index (χ0v) is 18.6. The summed E-state index contributed by atoms with van der Waals surface area (Å²) < 4.78 is 5.28. The van der Waals surface area contributed by atoms with Crippen LogP contribution in [-0.2, 0) is 9.59 Å². The van der Waals surface area contributed by atoms with Crippen LogP contribution in [0.15, 0.2) is 66.4 Å². The standard InChI is InChI=1S/C25H21ClN2O4/c1-14-13-16(10-11-20(14)32-3)23(29)21-22(18-8-4-5-12-27-18)28(25(31)24(21)30)19-9-6-7-17(26)15(19)2/h4-13,22,29H,1-3H3/b23-21+. The predicted molar refractivity (Wildman–Crippen MR) is 123 cm³/mol. The highest BCUT2D eigenvalue weighted by Crippen LogP contribution is 2.43. The molecule has 1 aliphatic heterocycles. The molecule has 1 amide bonds. The Kier molecular flexibility index (Phi) is 5.72. The molecule has 3 aromatic rings. The van der Waals surface area contributed by atoms with E-state index < -0.39 is 17.7 Å². The second-order valence-corrected chi connectivity index (χ2v) is 7.90. The van der Waals surface area contributed by atoms with Crippen molar-refractivity contribution in [1.82, 2.24) is 4.98 Å². The molecule has 1 aromatic heterocycles. The van der Waals surface area contributed by atoms with E-state index in [1.54, 1.807) is 74.8 Å². The van der Waals surface area contributed by atoms with E-state index in [0.717, 1.165) is 5.56 Å². The van der Waals surface area contributed by atoms with Crippen molar-refractivity contribution in [2.75, 3.05) is 12.0 Å². The minimum atomic E-state index is -0.907. The number of carbonyl (C=O) groups is 2. The van der Waals surface area contributed by atoms with Crippen molar-refractivity contribution in [3.63, 3.8) is 0 Å². The van der Waals surface area contributed by atoms with E-state index in [2.05, 4.69) is 4.98 Å². The highest BCUT2D eigenvalue weighted by Gasteiger charge is 2.48. The Morgan fingerprint density at radius 2 is 1.88 bits per heavy atom. The van der Waals surface area contributed by atoms with Crippen molar-refractivity contribution < 1.29 is 19.4 Å². The van der Waals surface area contributed by atoms with Gasteiger partial charge in [-0.15, -0.1) is 0 Å². The smallest absolute Gasteiger partial charge is 0.300 e. The van der Waals surface area contributed by atoms with Gasteiger partial charge in [0.25, 0.3) is 11.7 Å². The van der Waals surface area contributed by atoms with Gasteiger partial charge in [-0.2, -0.15) is 0 Å². The van der Waals surface area contributed by atoms with Crippen LogP contribution >= 0.6 is 11.6 Å². The van der Waals surface area contributed by atoms with Crippen LogP contribution in [0.4, 0.5) is 5.69 Å². The van der Waals surface area contributed by atoms with Gasteiger partial charge in [0.15, 0.2) is 0 Å². The fourth-order valence-corrected chi connectivity index (χ4v) is 4.11. The van der Waals surface area contributed by atoms with Crippen LogP contribution in [0.2, 0.25) is 5.02 Å². The van der Waals surface area contributed by atoms with Crippen LogP contribution in [0.5, 0.6) is 5.75 Å². The molecular formula is C25H21ClN2O4. The summed E-state index contributed by atoms with van der Waals surface area (Å²) in [5.74, 6) is -1.16. The SMILES string of the molecule is COc1ccc(/C(O)=C2\C(=O)C(=O)N(c3cccc(Cl)c3C)C2c2ccccn2)cc1C. The highest BCUT2D eigenvalue weighted by molar-refractivity contribution is 6.52. The molecule has 1 saturated heterocycles. The average molecular weight is 449 g/mol. The molecule has 1 atom stereocenters. The second kappa shape index (κ2) is 8.48. The van der Waals surface area contributed by atoms with Gasteiger partial charge in [-0.1, -0.05) is 23.7 Å². The molecule has 4 rings (SSSR count). The Balaban J connectivity index is 1.96. The van der Waals surface area contributed by atoms with Gasteiger partial charge in [0.2, 0.25) is 0 Å². The zero-order chi connectivity index (χ0) is 23.0. The van der Waals surface area contributed by atoms with Crippen LogP contribution < -0.4 is 9.64 Å². The number of carbonyl (C=O) groups excluding carboxylic acids is 2. The quantitative estimate of drug-likeness (QED) is 0.345. The summed E-state index contributed by atoms with van der Waals surface area (Å²) in [5, 5.41) is 11.7. The number of methoxy groups -OCH3 is 1. The maximum atomic E-state index is 13.2. The summed E-state index contributed by atoms with van der Waals surface area (Å²) in [6.07, 6.45) is 1.58. The Hall–Kier alpha value is -3.64. The fraction of sp³-hybridized carbons (Fsp3) is 0.160. The summed E-state index contributed by atoms with van der Waals surface area (Å²) in [7, 11) is 1.56. The second-order valence-electron chi connectivity index (χ2n) is 7.49. The van der Waals surface area contributed by atoms with E-state index in [-0.39, 0.29) is 11.3 Å². The van der Waals surface area contributed by atoms with E-state index in [0.29, 0.717) is 33.3 Å². The third-order valence-electron chi connectivity index (χ3n) is 5.58. The fourth-order valence-electron chi connectivity index (χ4n) is 3.94. The molecule has 0 spiro atoms. The first-order valence-corrected chi connectivity index (χ1v) is 10.3. The van der Waals surface area contributed by atoms with Gasteiger partial charge < -0.3 is 9.84 Å². The van der Waals surface area contributed by atoms with E-state index in [1.807, 2.05) is 6.92 Å². The molecule has 2 aromatic carbocycles. The molecule has 7 heteroatoms. The lowest BCUT2D eigenvalue weighted by atomic mass is 9.97. The average Bonchev–Trinajstić information content (AvgIpc) is 3.06. The van der Waals surface area contributed by atoms with Crippen LogP contribution in [0, 0.1) is 13.8 Å². The number of aliphatic hydroxyl groups excluding tert-OH is 1. The summed E-state index contributed by atoms with van der Waals surface area (Å²) in [6, 6.07) is 14.5. The van der Waals surface area contributed by atoms with Crippen molar-refractivity contribution in [1.29, 1.82) is 0 Å². The van der Waals surface area contributed by atoms with Crippen LogP contribution in [-0.4, -0.2) is 28.9 Å². The summed E-state index contributed by atoms with van der Waals surface area (Å²) in [4.78, 5) is 32.1. The Morgan fingerprint density at radius 3 is 2.53 bits per heavy atom. The van der Waals surface area contributed by atoms with E-state index in [4.69, 9.17) is 16.3 Å². The molecule has 6 nitrogen and oxygen atoms in total. The normalized spacial score (nSPS) is 17.6. The molecule has 0 bridgehead atoms. The number of ether oxygens (including phenoxy) is 1. The van der Waals surface area contributed by atoms with E-state index in [1.165, 1.54) is 4.90 Å². The number of benzene rings is 2. The lowest BCUT2D eigenvalue weighted by Crippen LogP contribution is -2.30. The highest BCUT2D eigenvalue weighted by atomic mass is 35.5. The molecule has 1 aliphatic rings. The van der Waals surface area contributed by atoms with Gasteiger partial charge in [0.05, 0.1) is 18.4 Å². The summed E-state index contributed by atoms with van der Waals surface area (Å²) in [5.41, 5.74) is 2.75. The van der Waals surface area contributed by atoms with Crippen LogP contribution in [0.25, 0.3) is 5.76 Å². The molecule has 0 aliphatic carbocycles. The molecule has 32 heavy (non-hydrogen) atoms. The number of anilines is 1. The first-order chi connectivity index (χ1) is 15.3. The zero-order valence-electron chi connectivity index (χ0n) is 17.8. The number of rotatable bonds is 4. The molecule has 0 radical (unpaired) electrons. The van der Waals surface area contributed by atoms with Crippen molar-refractivity contribution >= 4 is 34.7 Å². The van der Waals surface area contributed by atoms with Crippen LogP contribution in [0.1, 0.15) is 28.4 Å². The molecule has 2 heterocycles. The number of ketones is 1. The number of hydrogen-bond donors (Lipinski definition) is 1. The van der Waals surface area contributed by atoms with Gasteiger partial charge >= 0.3 is 0 Å². The summed E-state index contributed by atoms with van der Waals surface area (Å²) >= 11 is 6.30. The molecular weight excluding hydrogens is 428 g/mol. The summed E-state index contributed by atoms with van der Waals surface area (Å²) in [6.45, 7) is 3.61. The number of aryl methyl sites for hydroxylation is 1. The number of nitrogens with zero attached hydrogens (tertiary/aromatic N) is 2. The Morgan fingerprint density at radius 1 is 1.09 bits per heavy atom. The number of Topliss-reactive ketones (excluding diaryl/α,β-unsaturated/α-hetero) is 1. The topological polar surface area (TPSA) is 79.7 Å². The van der Waals surface area contributed by atoms with Crippen molar-refractivity contribution in [3.8, 4) is 5.75 Å². The van der Waals surface area contributed by atoms with Gasteiger partial charge in [-0.3, -0.25) is 19.5 Å².